The van der Waals surface area contributed by atoms with Crippen LogP contribution in [-0.2, 0) is 11.3 Å². The summed E-state index contributed by atoms with van der Waals surface area (Å²) < 4.78 is 4.70. The first kappa shape index (κ1) is 15.7. The number of esters is 1. The molecule has 21 heavy (non-hydrogen) atoms. The van der Waals surface area contributed by atoms with Crippen molar-refractivity contribution in [2.24, 2.45) is 0 Å². The van der Waals surface area contributed by atoms with Gasteiger partial charge in [-0.3, -0.25) is 0 Å². The van der Waals surface area contributed by atoms with Crippen molar-refractivity contribution in [1.82, 2.24) is 0 Å². The molecule has 0 fully saturated rings. The van der Waals surface area contributed by atoms with Gasteiger partial charge in [0.15, 0.2) is 0 Å². The molecule has 0 heterocycles. The molecule has 0 saturated heterocycles. The van der Waals surface area contributed by atoms with Gasteiger partial charge >= 0.3 is 5.97 Å². The summed E-state index contributed by atoms with van der Waals surface area (Å²) in [5.41, 5.74) is 3.33. The third kappa shape index (κ3) is 3.69. The number of nitrogens with one attached hydrogen (secondary N) is 1. The van der Waals surface area contributed by atoms with E-state index in [1.54, 1.807) is 18.2 Å². The number of carbonyl (C=O) groups excluding carboxylic acids is 1. The fourth-order valence-electron chi connectivity index (χ4n) is 1.98. The highest BCUT2D eigenvalue weighted by atomic mass is 35.5. The van der Waals surface area contributed by atoms with E-state index in [1.165, 1.54) is 7.11 Å². The highest BCUT2D eigenvalue weighted by Crippen LogP contribution is 2.26. The third-order valence-corrected chi connectivity index (χ3v) is 4.01. The second-order valence-corrected chi connectivity index (χ2v) is 5.37. The molecule has 0 aliphatic carbocycles. The van der Waals surface area contributed by atoms with Crippen LogP contribution in [0.25, 0.3) is 0 Å². The van der Waals surface area contributed by atoms with Crippen LogP contribution in [0.15, 0.2) is 36.4 Å². The van der Waals surface area contributed by atoms with Gasteiger partial charge < -0.3 is 10.1 Å². The SMILES string of the molecule is COC(=O)c1ccc(NCc2cccc(Cl)c2Cl)c(C)c1. The van der Waals surface area contributed by atoms with Crippen LogP contribution in [0.2, 0.25) is 10.0 Å². The fraction of sp³-hybridized carbons (Fsp3) is 0.188. The van der Waals surface area contributed by atoms with E-state index in [0.717, 1.165) is 16.8 Å². The number of benzene rings is 2. The zero-order valence-electron chi connectivity index (χ0n) is 11.7. The van der Waals surface area contributed by atoms with Gasteiger partial charge in [-0.15, -0.1) is 0 Å². The minimum atomic E-state index is -0.345. The average Bonchev–Trinajstić information content (AvgIpc) is 2.49. The summed E-state index contributed by atoms with van der Waals surface area (Å²) in [5.74, 6) is -0.345. The van der Waals surface area contributed by atoms with Crippen LogP contribution in [0.3, 0.4) is 0 Å². The quantitative estimate of drug-likeness (QED) is 0.829. The van der Waals surface area contributed by atoms with E-state index in [4.69, 9.17) is 27.9 Å². The normalized spacial score (nSPS) is 10.3. The van der Waals surface area contributed by atoms with Crippen LogP contribution in [-0.4, -0.2) is 13.1 Å². The van der Waals surface area contributed by atoms with E-state index < -0.39 is 0 Å². The zero-order valence-corrected chi connectivity index (χ0v) is 13.3. The largest absolute Gasteiger partial charge is 0.465 e. The molecule has 110 valence electrons. The van der Waals surface area contributed by atoms with E-state index >= 15 is 0 Å². The summed E-state index contributed by atoms with van der Waals surface area (Å²) >= 11 is 12.1. The van der Waals surface area contributed by atoms with Gasteiger partial charge in [-0.2, -0.15) is 0 Å². The van der Waals surface area contributed by atoms with Crippen LogP contribution in [0.1, 0.15) is 21.5 Å². The van der Waals surface area contributed by atoms with Crippen LogP contribution in [0, 0.1) is 6.92 Å². The predicted octanol–water partition coefficient (Wildman–Crippen LogP) is 4.70. The molecule has 0 aromatic heterocycles. The Bertz CT molecular complexity index is 671. The minimum absolute atomic E-state index is 0.345. The Morgan fingerprint density at radius 2 is 2.00 bits per heavy atom. The highest BCUT2D eigenvalue weighted by Gasteiger charge is 2.08. The molecule has 0 amide bonds. The summed E-state index contributed by atoms with van der Waals surface area (Å²) in [5, 5.41) is 4.37. The van der Waals surface area contributed by atoms with Gasteiger partial charge in [-0.25, -0.2) is 4.79 Å². The summed E-state index contributed by atoms with van der Waals surface area (Å²) in [6.07, 6.45) is 0. The molecule has 1 N–H and O–H groups in total. The molecule has 0 saturated carbocycles. The Morgan fingerprint density at radius 1 is 1.24 bits per heavy atom. The molecular formula is C16H15Cl2NO2. The first-order valence-electron chi connectivity index (χ1n) is 6.38. The van der Waals surface area contributed by atoms with E-state index in [9.17, 15) is 4.79 Å². The summed E-state index contributed by atoms with van der Waals surface area (Å²) in [7, 11) is 1.37. The Morgan fingerprint density at radius 3 is 2.67 bits per heavy atom. The Balaban J connectivity index is 2.13. The van der Waals surface area contributed by atoms with Gasteiger partial charge in [0.1, 0.15) is 0 Å². The Kier molecular flexibility index (Phi) is 5.10. The minimum Gasteiger partial charge on any atom is -0.465 e. The smallest absolute Gasteiger partial charge is 0.337 e. The first-order chi connectivity index (χ1) is 10.0. The number of aryl methyl sites for hydroxylation is 1. The molecule has 0 unspecified atom stereocenters. The number of ether oxygens (including phenoxy) is 1. The van der Waals surface area contributed by atoms with Gasteiger partial charge in [-0.1, -0.05) is 35.3 Å². The van der Waals surface area contributed by atoms with Gasteiger partial charge in [0.25, 0.3) is 0 Å². The monoisotopic (exact) mass is 323 g/mol. The first-order valence-corrected chi connectivity index (χ1v) is 7.14. The summed E-state index contributed by atoms with van der Waals surface area (Å²) in [6, 6.07) is 10.9. The Hall–Kier alpha value is -1.71. The van der Waals surface area contributed by atoms with E-state index in [-0.39, 0.29) is 5.97 Å². The number of hydrogen-bond donors (Lipinski definition) is 1. The summed E-state index contributed by atoms with van der Waals surface area (Å²) in [4.78, 5) is 11.5. The number of hydrogen-bond acceptors (Lipinski definition) is 3. The number of halogens is 2. The lowest BCUT2D eigenvalue weighted by molar-refractivity contribution is 0.0600. The maximum atomic E-state index is 11.5. The van der Waals surface area contributed by atoms with Crippen molar-refractivity contribution >= 4 is 34.9 Å². The number of anilines is 1. The molecule has 0 aliphatic rings. The van der Waals surface area contributed by atoms with Crippen molar-refractivity contribution < 1.29 is 9.53 Å². The van der Waals surface area contributed by atoms with E-state index in [2.05, 4.69) is 5.32 Å². The molecule has 0 spiro atoms. The molecule has 2 aromatic carbocycles. The van der Waals surface area contributed by atoms with Crippen molar-refractivity contribution in [1.29, 1.82) is 0 Å². The molecule has 5 heteroatoms. The number of rotatable bonds is 4. The van der Waals surface area contributed by atoms with E-state index in [0.29, 0.717) is 22.2 Å². The second kappa shape index (κ2) is 6.83. The molecule has 0 radical (unpaired) electrons. The maximum absolute atomic E-state index is 11.5. The second-order valence-electron chi connectivity index (χ2n) is 4.59. The lowest BCUT2D eigenvalue weighted by Gasteiger charge is -2.12. The van der Waals surface area contributed by atoms with Crippen molar-refractivity contribution in [3.63, 3.8) is 0 Å². The van der Waals surface area contributed by atoms with Crippen molar-refractivity contribution in [2.75, 3.05) is 12.4 Å². The molecule has 2 aromatic rings. The van der Waals surface area contributed by atoms with Gasteiger partial charge in [0.2, 0.25) is 0 Å². The van der Waals surface area contributed by atoms with Crippen LogP contribution >= 0.6 is 23.2 Å². The van der Waals surface area contributed by atoms with Gasteiger partial charge in [0.05, 0.1) is 22.7 Å². The molecular weight excluding hydrogens is 309 g/mol. The maximum Gasteiger partial charge on any atom is 0.337 e. The van der Waals surface area contributed by atoms with Crippen molar-refractivity contribution in [2.45, 2.75) is 13.5 Å². The molecule has 2 rings (SSSR count). The van der Waals surface area contributed by atoms with Crippen LogP contribution in [0.5, 0.6) is 0 Å². The zero-order chi connectivity index (χ0) is 15.4. The standard InChI is InChI=1S/C16H15Cl2NO2/c1-10-8-11(16(20)21-2)6-7-14(10)19-9-12-4-3-5-13(17)15(12)18/h3-8,19H,9H2,1-2H3. The topological polar surface area (TPSA) is 38.3 Å². The molecule has 0 aliphatic heterocycles. The number of carbonyl (C=O) groups is 1. The lowest BCUT2D eigenvalue weighted by Crippen LogP contribution is -2.05. The summed E-state index contributed by atoms with van der Waals surface area (Å²) in [6.45, 7) is 2.48. The van der Waals surface area contributed by atoms with Crippen molar-refractivity contribution in [3.8, 4) is 0 Å². The lowest BCUT2D eigenvalue weighted by atomic mass is 10.1. The molecule has 0 atom stereocenters. The van der Waals surface area contributed by atoms with Crippen LogP contribution < -0.4 is 5.32 Å². The molecule has 3 nitrogen and oxygen atoms in total. The third-order valence-electron chi connectivity index (χ3n) is 3.15. The van der Waals surface area contributed by atoms with E-state index in [1.807, 2.05) is 25.1 Å². The Labute approximate surface area is 133 Å². The predicted molar refractivity (Wildman–Crippen MR) is 86.3 cm³/mol. The van der Waals surface area contributed by atoms with Crippen molar-refractivity contribution in [3.05, 3.63) is 63.1 Å². The number of methoxy groups -OCH3 is 1. The van der Waals surface area contributed by atoms with Crippen LogP contribution in [0.4, 0.5) is 5.69 Å². The average molecular weight is 324 g/mol. The van der Waals surface area contributed by atoms with Gasteiger partial charge in [-0.05, 0) is 42.3 Å². The van der Waals surface area contributed by atoms with Gasteiger partial charge in [0, 0.05) is 12.2 Å². The fourth-order valence-corrected chi connectivity index (χ4v) is 2.37. The highest BCUT2D eigenvalue weighted by molar-refractivity contribution is 6.42. The molecule has 0 bridgehead atoms.